The van der Waals surface area contributed by atoms with E-state index in [-0.39, 0.29) is 5.91 Å². The number of hydrogen-bond donors (Lipinski definition) is 1. The van der Waals surface area contributed by atoms with E-state index in [0.29, 0.717) is 5.56 Å². The van der Waals surface area contributed by atoms with Crippen LogP contribution in [0.3, 0.4) is 0 Å². The van der Waals surface area contributed by atoms with Crippen molar-refractivity contribution < 1.29 is 4.79 Å². The van der Waals surface area contributed by atoms with Crippen LogP contribution < -0.4 is 5.43 Å². The summed E-state index contributed by atoms with van der Waals surface area (Å²) in [6, 6.07) is 9.32. The molecule has 0 unspecified atom stereocenters. The summed E-state index contributed by atoms with van der Waals surface area (Å²) in [4.78, 5) is 16.0. The van der Waals surface area contributed by atoms with Crippen molar-refractivity contribution in [2.45, 2.75) is 20.8 Å². The molecule has 0 saturated heterocycles. The third-order valence-electron chi connectivity index (χ3n) is 3.17. The van der Waals surface area contributed by atoms with E-state index in [1.54, 1.807) is 18.5 Å². The molecule has 0 aliphatic rings. The Morgan fingerprint density at radius 2 is 1.95 bits per heavy atom. The van der Waals surface area contributed by atoms with E-state index in [1.807, 2.05) is 45.0 Å². The van der Waals surface area contributed by atoms with E-state index in [2.05, 4.69) is 15.5 Å². The quantitative estimate of drug-likeness (QED) is 0.686. The van der Waals surface area contributed by atoms with Gasteiger partial charge in [-0.1, -0.05) is 12.1 Å². The van der Waals surface area contributed by atoms with Gasteiger partial charge in [-0.2, -0.15) is 5.10 Å². The van der Waals surface area contributed by atoms with Crippen LogP contribution in [0.2, 0.25) is 0 Å². The van der Waals surface area contributed by atoms with Gasteiger partial charge in [0.05, 0.1) is 5.71 Å². The molecule has 0 saturated carbocycles. The zero-order chi connectivity index (χ0) is 14.5. The second-order valence-electron chi connectivity index (χ2n) is 4.68. The van der Waals surface area contributed by atoms with Crippen molar-refractivity contribution >= 4 is 11.6 Å². The summed E-state index contributed by atoms with van der Waals surface area (Å²) in [6.45, 7) is 5.83. The van der Waals surface area contributed by atoms with E-state index in [4.69, 9.17) is 0 Å². The zero-order valence-electron chi connectivity index (χ0n) is 11.8. The molecule has 2 rings (SSSR count). The number of aryl methyl sites for hydroxylation is 2. The lowest BCUT2D eigenvalue weighted by Gasteiger charge is -2.05. The van der Waals surface area contributed by atoms with Crippen LogP contribution in [0.25, 0.3) is 0 Å². The molecule has 102 valence electrons. The fourth-order valence-corrected chi connectivity index (χ4v) is 1.72. The average Bonchev–Trinajstić information content (AvgIpc) is 2.48. The standard InChI is InChI=1S/C16H17N3O/c1-11-6-7-14(9-12(11)2)16(20)19-18-13(3)15-5-4-8-17-10-15/h4-10H,1-3H3,(H,19,20). The van der Waals surface area contributed by atoms with Crippen molar-refractivity contribution in [1.82, 2.24) is 10.4 Å². The molecule has 0 aliphatic heterocycles. The second kappa shape index (κ2) is 6.10. The van der Waals surface area contributed by atoms with Gasteiger partial charge in [-0.25, -0.2) is 5.43 Å². The van der Waals surface area contributed by atoms with Gasteiger partial charge in [0.15, 0.2) is 0 Å². The van der Waals surface area contributed by atoms with Crippen LogP contribution in [0.1, 0.15) is 34.0 Å². The molecule has 0 fully saturated rings. The molecule has 1 aromatic carbocycles. The Morgan fingerprint density at radius 1 is 1.15 bits per heavy atom. The summed E-state index contributed by atoms with van der Waals surface area (Å²) < 4.78 is 0. The molecule has 4 nitrogen and oxygen atoms in total. The Bertz CT molecular complexity index is 648. The van der Waals surface area contributed by atoms with Gasteiger partial charge in [0, 0.05) is 23.5 Å². The molecule has 0 spiro atoms. The minimum atomic E-state index is -0.212. The van der Waals surface area contributed by atoms with Gasteiger partial charge in [0.25, 0.3) is 5.91 Å². The molecule has 1 aromatic heterocycles. The van der Waals surface area contributed by atoms with Gasteiger partial charge in [-0.15, -0.1) is 0 Å². The topological polar surface area (TPSA) is 54.4 Å². The number of pyridine rings is 1. The van der Waals surface area contributed by atoms with E-state index in [1.165, 1.54) is 0 Å². The molecule has 0 aliphatic carbocycles. The molecule has 1 amide bonds. The predicted octanol–water partition coefficient (Wildman–Crippen LogP) is 2.85. The fourth-order valence-electron chi connectivity index (χ4n) is 1.72. The maximum absolute atomic E-state index is 12.0. The van der Waals surface area contributed by atoms with Gasteiger partial charge >= 0.3 is 0 Å². The fraction of sp³-hybridized carbons (Fsp3) is 0.188. The van der Waals surface area contributed by atoms with Crippen molar-refractivity contribution in [3.8, 4) is 0 Å². The number of amides is 1. The third kappa shape index (κ3) is 3.29. The van der Waals surface area contributed by atoms with E-state index < -0.39 is 0 Å². The van der Waals surface area contributed by atoms with E-state index in [0.717, 1.165) is 22.4 Å². The smallest absolute Gasteiger partial charge is 0.267 e. The Labute approximate surface area is 118 Å². The maximum atomic E-state index is 12.0. The first-order chi connectivity index (χ1) is 9.58. The molecule has 0 radical (unpaired) electrons. The van der Waals surface area contributed by atoms with Crippen LogP contribution in [0, 0.1) is 13.8 Å². The van der Waals surface area contributed by atoms with Crippen LogP contribution in [0.4, 0.5) is 0 Å². The number of aromatic nitrogens is 1. The average molecular weight is 267 g/mol. The summed E-state index contributed by atoms with van der Waals surface area (Å²) in [6.07, 6.45) is 3.41. The lowest BCUT2D eigenvalue weighted by atomic mass is 10.1. The number of hydrazone groups is 1. The molecule has 2 aromatic rings. The van der Waals surface area contributed by atoms with Gasteiger partial charge in [-0.3, -0.25) is 9.78 Å². The molecule has 4 heteroatoms. The van der Waals surface area contributed by atoms with Crippen molar-refractivity contribution in [2.24, 2.45) is 5.10 Å². The Kier molecular flexibility index (Phi) is 4.25. The number of rotatable bonds is 3. The molecule has 1 N–H and O–H groups in total. The minimum Gasteiger partial charge on any atom is -0.267 e. The molecular weight excluding hydrogens is 250 g/mol. The highest BCUT2D eigenvalue weighted by Crippen LogP contribution is 2.09. The summed E-state index contributed by atoms with van der Waals surface area (Å²) in [5.74, 6) is -0.212. The van der Waals surface area contributed by atoms with Crippen molar-refractivity contribution in [3.63, 3.8) is 0 Å². The summed E-state index contributed by atoms with van der Waals surface area (Å²) in [5.41, 5.74) is 7.02. The minimum absolute atomic E-state index is 0.212. The largest absolute Gasteiger partial charge is 0.271 e. The third-order valence-corrected chi connectivity index (χ3v) is 3.17. The normalized spacial score (nSPS) is 11.2. The van der Waals surface area contributed by atoms with Gasteiger partial charge in [-0.05, 0) is 50.1 Å². The molecule has 20 heavy (non-hydrogen) atoms. The first-order valence-electron chi connectivity index (χ1n) is 6.40. The van der Waals surface area contributed by atoms with Crippen LogP contribution >= 0.6 is 0 Å². The highest BCUT2D eigenvalue weighted by Gasteiger charge is 2.06. The number of hydrogen-bond acceptors (Lipinski definition) is 3. The SMILES string of the molecule is CC(=NNC(=O)c1ccc(C)c(C)c1)c1cccnc1. The second-order valence-corrected chi connectivity index (χ2v) is 4.68. The molecule has 1 heterocycles. The van der Waals surface area contributed by atoms with Crippen LogP contribution in [-0.2, 0) is 0 Å². The first kappa shape index (κ1) is 13.9. The lowest BCUT2D eigenvalue weighted by molar-refractivity contribution is 0.0954. The van der Waals surface area contributed by atoms with Gasteiger partial charge < -0.3 is 0 Å². The molecule has 0 atom stereocenters. The summed E-state index contributed by atoms with van der Waals surface area (Å²) in [7, 11) is 0. The van der Waals surface area contributed by atoms with Gasteiger partial charge in [0.1, 0.15) is 0 Å². The van der Waals surface area contributed by atoms with Crippen LogP contribution in [0.15, 0.2) is 47.8 Å². The highest BCUT2D eigenvalue weighted by molar-refractivity contribution is 6.00. The number of carbonyl (C=O) groups excluding carboxylic acids is 1. The summed E-state index contributed by atoms with van der Waals surface area (Å²) in [5, 5.41) is 4.10. The van der Waals surface area contributed by atoms with Crippen LogP contribution in [0.5, 0.6) is 0 Å². The molecule has 0 bridgehead atoms. The number of benzene rings is 1. The molecular formula is C16H17N3O. The number of carbonyl (C=O) groups is 1. The zero-order valence-corrected chi connectivity index (χ0v) is 11.8. The van der Waals surface area contributed by atoms with E-state index in [9.17, 15) is 4.79 Å². The Hall–Kier alpha value is -2.49. The maximum Gasteiger partial charge on any atom is 0.271 e. The highest BCUT2D eigenvalue weighted by atomic mass is 16.2. The van der Waals surface area contributed by atoms with Crippen LogP contribution in [-0.4, -0.2) is 16.6 Å². The van der Waals surface area contributed by atoms with Crippen molar-refractivity contribution in [3.05, 3.63) is 65.0 Å². The van der Waals surface area contributed by atoms with Gasteiger partial charge in [0.2, 0.25) is 0 Å². The Balaban J connectivity index is 2.10. The lowest BCUT2D eigenvalue weighted by Crippen LogP contribution is -2.19. The number of nitrogens with one attached hydrogen (secondary N) is 1. The predicted molar refractivity (Wildman–Crippen MR) is 79.8 cm³/mol. The van der Waals surface area contributed by atoms with Crippen molar-refractivity contribution in [1.29, 1.82) is 0 Å². The van der Waals surface area contributed by atoms with E-state index >= 15 is 0 Å². The van der Waals surface area contributed by atoms with Crippen molar-refractivity contribution in [2.75, 3.05) is 0 Å². The monoisotopic (exact) mass is 267 g/mol. The number of nitrogens with zero attached hydrogens (tertiary/aromatic N) is 2. The summed E-state index contributed by atoms with van der Waals surface area (Å²) >= 11 is 0. The first-order valence-corrected chi connectivity index (χ1v) is 6.40. The Morgan fingerprint density at radius 3 is 2.60 bits per heavy atom.